The standard InChI is InChI=1S/C16H17FN6/c17-12-1-3-13(4-2-12)21-7-9-22(10-8-21)14-5-6-23-15(11-14)19-16(18)20-23/h1-6,11H,7-10H2,(H2,18,20). The number of rotatable bonds is 2. The third-order valence-corrected chi connectivity index (χ3v) is 4.17. The van der Waals surface area contributed by atoms with Gasteiger partial charge in [0.15, 0.2) is 5.65 Å². The molecule has 2 aromatic heterocycles. The van der Waals surface area contributed by atoms with Gasteiger partial charge in [-0.3, -0.25) is 0 Å². The van der Waals surface area contributed by atoms with Gasteiger partial charge >= 0.3 is 0 Å². The van der Waals surface area contributed by atoms with E-state index >= 15 is 0 Å². The van der Waals surface area contributed by atoms with Crippen molar-refractivity contribution < 1.29 is 4.39 Å². The van der Waals surface area contributed by atoms with Crippen LogP contribution in [0.5, 0.6) is 0 Å². The van der Waals surface area contributed by atoms with Gasteiger partial charge in [0.25, 0.3) is 0 Å². The predicted octanol–water partition coefficient (Wildman–Crippen LogP) is 1.78. The van der Waals surface area contributed by atoms with E-state index in [0.29, 0.717) is 0 Å². The molecule has 1 fully saturated rings. The number of piperazine rings is 1. The van der Waals surface area contributed by atoms with Crippen LogP contribution in [0.2, 0.25) is 0 Å². The first-order valence-corrected chi connectivity index (χ1v) is 7.56. The van der Waals surface area contributed by atoms with E-state index < -0.39 is 0 Å². The first kappa shape index (κ1) is 13.8. The maximum absolute atomic E-state index is 13.0. The Balaban J connectivity index is 1.48. The monoisotopic (exact) mass is 312 g/mol. The fraction of sp³-hybridized carbons (Fsp3) is 0.250. The van der Waals surface area contributed by atoms with Crippen LogP contribution in [0.15, 0.2) is 42.6 Å². The van der Waals surface area contributed by atoms with E-state index in [1.807, 2.05) is 30.5 Å². The molecule has 1 aromatic carbocycles. The zero-order valence-corrected chi connectivity index (χ0v) is 12.6. The summed E-state index contributed by atoms with van der Waals surface area (Å²) in [5.41, 5.74) is 8.55. The fourth-order valence-corrected chi connectivity index (χ4v) is 2.96. The molecule has 0 atom stereocenters. The van der Waals surface area contributed by atoms with Crippen molar-refractivity contribution in [2.45, 2.75) is 0 Å². The quantitative estimate of drug-likeness (QED) is 0.781. The number of aromatic nitrogens is 3. The molecular formula is C16H17FN6. The Kier molecular flexibility index (Phi) is 3.25. The van der Waals surface area contributed by atoms with Gasteiger partial charge in [0.05, 0.1) is 0 Å². The minimum absolute atomic E-state index is 0.201. The van der Waals surface area contributed by atoms with E-state index in [1.165, 1.54) is 12.1 Å². The summed E-state index contributed by atoms with van der Waals surface area (Å²) in [6, 6.07) is 10.7. The number of nitrogens with zero attached hydrogens (tertiary/aromatic N) is 5. The number of nitrogen functional groups attached to an aromatic ring is 1. The highest BCUT2D eigenvalue weighted by Gasteiger charge is 2.18. The molecule has 3 aromatic rings. The molecule has 0 bridgehead atoms. The van der Waals surface area contributed by atoms with Crippen LogP contribution in [-0.4, -0.2) is 40.8 Å². The van der Waals surface area contributed by atoms with Crippen LogP contribution in [-0.2, 0) is 0 Å². The molecule has 0 spiro atoms. The molecule has 23 heavy (non-hydrogen) atoms. The lowest BCUT2D eigenvalue weighted by Gasteiger charge is -2.37. The molecule has 1 aliphatic heterocycles. The van der Waals surface area contributed by atoms with Gasteiger partial charge in [0.1, 0.15) is 5.82 Å². The molecule has 0 radical (unpaired) electrons. The summed E-state index contributed by atoms with van der Waals surface area (Å²) in [5.74, 6) is 0.0801. The Labute approximate surface area is 132 Å². The average molecular weight is 312 g/mol. The van der Waals surface area contributed by atoms with Gasteiger partial charge in [-0.15, -0.1) is 5.10 Å². The number of hydrogen-bond acceptors (Lipinski definition) is 5. The number of benzene rings is 1. The topological polar surface area (TPSA) is 62.7 Å². The molecule has 118 valence electrons. The summed E-state index contributed by atoms with van der Waals surface area (Å²) in [6.45, 7) is 3.59. The van der Waals surface area contributed by atoms with Gasteiger partial charge in [0.2, 0.25) is 5.95 Å². The molecular weight excluding hydrogens is 295 g/mol. The summed E-state index contributed by atoms with van der Waals surface area (Å²) < 4.78 is 14.7. The average Bonchev–Trinajstić information content (AvgIpc) is 2.95. The third-order valence-electron chi connectivity index (χ3n) is 4.17. The lowest BCUT2D eigenvalue weighted by atomic mass is 10.2. The largest absolute Gasteiger partial charge is 0.368 e. The predicted molar refractivity (Wildman–Crippen MR) is 88.2 cm³/mol. The van der Waals surface area contributed by atoms with E-state index in [4.69, 9.17) is 5.73 Å². The molecule has 2 N–H and O–H groups in total. The van der Waals surface area contributed by atoms with Crippen molar-refractivity contribution >= 4 is 23.0 Å². The summed E-state index contributed by atoms with van der Waals surface area (Å²) in [6.07, 6.45) is 1.88. The van der Waals surface area contributed by atoms with Crippen molar-refractivity contribution in [3.63, 3.8) is 0 Å². The molecule has 3 heterocycles. The second-order valence-electron chi connectivity index (χ2n) is 5.61. The molecule has 1 saturated heterocycles. The Morgan fingerprint density at radius 2 is 1.57 bits per heavy atom. The molecule has 6 nitrogen and oxygen atoms in total. The minimum Gasteiger partial charge on any atom is -0.368 e. The molecule has 0 saturated carbocycles. The first-order valence-electron chi connectivity index (χ1n) is 7.56. The lowest BCUT2D eigenvalue weighted by Crippen LogP contribution is -2.46. The van der Waals surface area contributed by atoms with Gasteiger partial charge < -0.3 is 15.5 Å². The summed E-state index contributed by atoms with van der Waals surface area (Å²) in [7, 11) is 0. The zero-order valence-electron chi connectivity index (χ0n) is 12.6. The molecule has 0 amide bonds. The number of nitrogens with two attached hydrogens (primary N) is 1. The number of halogens is 1. The maximum atomic E-state index is 13.0. The molecule has 0 aliphatic carbocycles. The van der Waals surface area contributed by atoms with E-state index in [9.17, 15) is 4.39 Å². The fourth-order valence-electron chi connectivity index (χ4n) is 2.96. The Bertz CT molecular complexity index is 820. The van der Waals surface area contributed by atoms with Crippen molar-refractivity contribution in [2.24, 2.45) is 0 Å². The minimum atomic E-state index is -0.201. The Morgan fingerprint density at radius 3 is 2.26 bits per heavy atom. The van der Waals surface area contributed by atoms with Crippen LogP contribution in [0.1, 0.15) is 0 Å². The molecule has 4 rings (SSSR count). The number of fused-ring (bicyclic) bond motifs is 1. The van der Waals surface area contributed by atoms with Crippen molar-refractivity contribution in [2.75, 3.05) is 41.7 Å². The van der Waals surface area contributed by atoms with Crippen LogP contribution >= 0.6 is 0 Å². The second-order valence-corrected chi connectivity index (χ2v) is 5.61. The van der Waals surface area contributed by atoms with Gasteiger partial charge in [-0.1, -0.05) is 0 Å². The SMILES string of the molecule is Nc1nc2cc(N3CCN(c4ccc(F)cc4)CC3)ccn2n1. The molecule has 0 unspecified atom stereocenters. The smallest absolute Gasteiger partial charge is 0.240 e. The highest BCUT2D eigenvalue weighted by molar-refractivity contribution is 5.58. The van der Waals surface area contributed by atoms with Crippen molar-refractivity contribution in [3.8, 4) is 0 Å². The first-order chi connectivity index (χ1) is 11.2. The third kappa shape index (κ3) is 2.65. The summed E-state index contributed by atoms with van der Waals surface area (Å²) in [5, 5.41) is 4.08. The van der Waals surface area contributed by atoms with Crippen LogP contribution in [0, 0.1) is 5.82 Å². The van der Waals surface area contributed by atoms with E-state index in [0.717, 1.165) is 43.2 Å². The van der Waals surface area contributed by atoms with Crippen molar-refractivity contribution in [3.05, 3.63) is 48.4 Å². The summed E-state index contributed by atoms with van der Waals surface area (Å²) >= 11 is 0. The van der Waals surface area contributed by atoms with Gasteiger partial charge in [-0.2, -0.15) is 4.98 Å². The second kappa shape index (κ2) is 5.42. The number of pyridine rings is 1. The van der Waals surface area contributed by atoms with Gasteiger partial charge in [-0.05, 0) is 30.3 Å². The van der Waals surface area contributed by atoms with E-state index in [2.05, 4.69) is 19.9 Å². The van der Waals surface area contributed by atoms with Gasteiger partial charge in [-0.25, -0.2) is 8.91 Å². The molecule has 1 aliphatic rings. The van der Waals surface area contributed by atoms with Crippen LogP contribution in [0.4, 0.5) is 21.7 Å². The Morgan fingerprint density at radius 1 is 0.913 bits per heavy atom. The van der Waals surface area contributed by atoms with Crippen molar-refractivity contribution in [1.82, 2.24) is 14.6 Å². The number of hydrogen-bond donors (Lipinski definition) is 1. The molecule has 7 heteroatoms. The number of anilines is 3. The van der Waals surface area contributed by atoms with E-state index in [1.54, 1.807) is 4.52 Å². The lowest BCUT2D eigenvalue weighted by molar-refractivity contribution is 0.625. The van der Waals surface area contributed by atoms with Crippen LogP contribution in [0.3, 0.4) is 0 Å². The Hall–Kier alpha value is -2.83. The highest BCUT2D eigenvalue weighted by atomic mass is 19.1. The van der Waals surface area contributed by atoms with Crippen LogP contribution in [0.25, 0.3) is 5.65 Å². The van der Waals surface area contributed by atoms with Crippen molar-refractivity contribution in [1.29, 1.82) is 0 Å². The van der Waals surface area contributed by atoms with E-state index in [-0.39, 0.29) is 11.8 Å². The maximum Gasteiger partial charge on any atom is 0.240 e. The highest BCUT2D eigenvalue weighted by Crippen LogP contribution is 2.21. The van der Waals surface area contributed by atoms with Gasteiger partial charge in [0, 0.05) is 49.8 Å². The zero-order chi connectivity index (χ0) is 15.8. The normalized spacial score (nSPS) is 15.3. The summed E-state index contributed by atoms with van der Waals surface area (Å²) in [4.78, 5) is 8.77. The van der Waals surface area contributed by atoms with Crippen LogP contribution < -0.4 is 15.5 Å².